The maximum atomic E-state index is 10.8. The van der Waals surface area contributed by atoms with Crippen molar-refractivity contribution >= 4 is 23.0 Å². The molecule has 2 rings (SSSR count). The summed E-state index contributed by atoms with van der Waals surface area (Å²) in [5.41, 5.74) is 1.29. The lowest BCUT2D eigenvalue weighted by Gasteiger charge is -2.08. The number of ether oxygens (including phenoxy) is 2. The van der Waals surface area contributed by atoms with Gasteiger partial charge in [-0.1, -0.05) is 0 Å². The Morgan fingerprint density at radius 2 is 2.05 bits per heavy atom. The molecule has 5 nitrogen and oxygen atoms in total. The quantitative estimate of drug-likeness (QED) is 0.734. The molecule has 21 heavy (non-hydrogen) atoms. The summed E-state index contributed by atoms with van der Waals surface area (Å²) in [6.45, 7) is 1.68. The molecule has 0 atom stereocenters. The van der Waals surface area contributed by atoms with Crippen LogP contribution in [0.4, 0.5) is 5.69 Å². The molecule has 112 valence electrons. The third-order valence-corrected chi connectivity index (χ3v) is 3.71. The number of carboxylic acid groups (broad SMARTS) is 1. The van der Waals surface area contributed by atoms with Crippen molar-refractivity contribution in [3.8, 4) is 5.75 Å². The fourth-order valence-corrected chi connectivity index (χ4v) is 2.48. The average Bonchev–Trinajstić information content (AvgIpc) is 2.96. The molecule has 1 aromatic carbocycles. The monoisotopic (exact) mass is 307 g/mol. The molecule has 0 amide bonds. The van der Waals surface area contributed by atoms with Crippen molar-refractivity contribution in [3.63, 3.8) is 0 Å². The van der Waals surface area contributed by atoms with E-state index >= 15 is 0 Å². The van der Waals surface area contributed by atoms with Crippen LogP contribution in [0, 0.1) is 0 Å². The van der Waals surface area contributed by atoms with Gasteiger partial charge in [0, 0.05) is 29.6 Å². The molecule has 6 heteroatoms. The lowest BCUT2D eigenvalue weighted by Crippen LogP contribution is -2.04. The van der Waals surface area contributed by atoms with Gasteiger partial charge in [0.1, 0.15) is 12.4 Å². The number of thiophene rings is 1. The largest absolute Gasteiger partial charge is 0.491 e. The average molecular weight is 307 g/mol. The van der Waals surface area contributed by atoms with Crippen LogP contribution in [0.2, 0.25) is 0 Å². The fraction of sp³-hybridized carbons (Fsp3) is 0.267. The van der Waals surface area contributed by atoms with E-state index in [4.69, 9.17) is 14.6 Å². The molecule has 0 bridgehead atoms. The number of nitrogens with one attached hydrogen (secondary N) is 1. The second-order valence-corrected chi connectivity index (χ2v) is 5.32. The first-order valence-corrected chi connectivity index (χ1v) is 7.33. The first kappa shape index (κ1) is 15.3. The van der Waals surface area contributed by atoms with E-state index in [-0.39, 0.29) is 0 Å². The highest BCUT2D eigenvalue weighted by Gasteiger charge is 2.06. The van der Waals surface area contributed by atoms with Gasteiger partial charge in [-0.15, -0.1) is 11.3 Å². The number of carbonyl (C=O) groups is 1. The maximum absolute atomic E-state index is 10.8. The molecule has 0 saturated heterocycles. The maximum Gasteiger partial charge on any atom is 0.336 e. The molecule has 1 aromatic heterocycles. The standard InChI is InChI=1S/C15H17NO4S/c1-19-6-7-20-13-4-2-12(3-5-13)16-9-14-8-11(10-21-14)15(17)18/h2-5,8,10,16H,6-7,9H2,1H3,(H,17,18). The Morgan fingerprint density at radius 1 is 1.29 bits per heavy atom. The smallest absolute Gasteiger partial charge is 0.336 e. The predicted octanol–water partition coefficient (Wildman–Crippen LogP) is 3.08. The fourth-order valence-electron chi connectivity index (χ4n) is 1.69. The molecule has 0 aliphatic rings. The topological polar surface area (TPSA) is 67.8 Å². The Balaban J connectivity index is 1.83. The van der Waals surface area contributed by atoms with Gasteiger partial charge in [0.15, 0.2) is 0 Å². The zero-order valence-electron chi connectivity index (χ0n) is 11.7. The highest BCUT2D eigenvalue weighted by Crippen LogP contribution is 2.19. The summed E-state index contributed by atoms with van der Waals surface area (Å²) >= 11 is 1.43. The van der Waals surface area contributed by atoms with Gasteiger partial charge in [0.2, 0.25) is 0 Å². The predicted molar refractivity (Wildman–Crippen MR) is 82.4 cm³/mol. The minimum Gasteiger partial charge on any atom is -0.491 e. The van der Waals surface area contributed by atoms with Gasteiger partial charge in [-0.2, -0.15) is 0 Å². The number of hydrogen-bond donors (Lipinski definition) is 2. The van der Waals surface area contributed by atoms with E-state index in [2.05, 4.69) is 5.32 Å². The summed E-state index contributed by atoms with van der Waals surface area (Å²) in [6, 6.07) is 9.30. The first-order valence-electron chi connectivity index (χ1n) is 6.45. The SMILES string of the molecule is COCCOc1ccc(NCc2cc(C(=O)O)cs2)cc1. The minimum absolute atomic E-state index is 0.332. The van der Waals surface area contributed by atoms with Gasteiger partial charge >= 0.3 is 5.97 Å². The highest BCUT2D eigenvalue weighted by atomic mass is 32.1. The third-order valence-electron chi connectivity index (χ3n) is 2.78. The van der Waals surface area contributed by atoms with Crippen molar-refractivity contribution in [2.24, 2.45) is 0 Å². The lowest BCUT2D eigenvalue weighted by atomic mass is 10.3. The summed E-state index contributed by atoms with van der Waals surface area (Å²) in [5.74, 6) is -0.100. The minimum atomic E-state index is -0.893. The molecule has 0 saturated carbocycles. The molecule has 0 aliphatic carbocycles. The van der Waals surface area contributed by atoms with Crippen molar-refractivity contribution in [1.29, 1.82) is 0 Å². The van der Waals surface area contributed by atoms with Crippen LogP contribution < -0.4 is 10.1 Å². The van der Waals surface area contributed by atoms with Gasteiger partial charge in [0.25, 0.3) is 0 Å². The zero-order chi connectivity index (χ0) is 15.1. The molecule has 2 N–H and O–H groups in total. The van der Waals surface area contributed by atoms with Crippen molar-refractivity contribution in [3.05, 3.63) is 46.2 Å². The van der Waals surface area contributed by atoms with E-state index in [1.165, 1.54) is 11.3 Å². The van der Waals surface area contributed by atoms with Crippen LogP contribution in [0.1, 0.15) is 15.2 Å². The molecule has 0 fully saturated rings. The molecular formula is C15H17NO4S. The highest BCUT2D eigenvalue weighted by molar-refractivity contribution is 7.10. The number of anilines is 1. The Kier molecular flexibility index (Phi) is 5.59. The van der Waals surface area contributed by atoms with Gasteiger partial charge in [-0.25, -0.2) is 4.79 Å². The van der Waals surface area contributed by atoms with Crippen LogP contribution >= 0.6 is 11.3 Å². The number of benzene rings is 1. The van der Waals surface area contributed by atoms with Crippen LogP contribution in [-0.4, -0.2) is 31.4 Å². The molecule has 0 radical (unpaired) electrons. The van der Waals surface area contributed by atoms with Gasteiger partial charge in [-0.3, -0.25) is 0 Å². The van der Waals surface area contributed by atoms with E-state index in [0.29, 0.717) is 25.3 Å². The van der Waals surface area contributed by atoms with E-state index in [1.54, 1.807) is 18.6 Å². The first-order chi connectivity index (χ1) is 10.2. The van der Waals surface area contributed by atoms with Gasteiger partial charge in [0.05, 0.1) is 12.2 Å². The molecule has 1 heterocycles. The van der Waals surface area contributed by atoms with Crippen LogP contribution in [0.15, 0.2) is 35.7 Å². The van der Waals surface area contributed by atoms with Crippen LogP contribution in [0.5, 0.6) is 5.75 Å². The zero-order valence-corrected chi connectivity index (χ0v) is 12.5. The molecule has 0 spiro atoms. The van der Waals surface area contributed by atoms with Crippen molar-refractivity contribution in [2.75, 3.05) is 25.6 Å². The molecule has 0 unspecified atom stereocenters. The normalized spacial score (nSPS) is 10.3. The van der Waals surface area contributed by atoms with E-state index in [0.717, 1.165) is 16.3 Å². The summed E-state index contributed by atoms with van der Waals surface area (Å²) in [7, 11) is 1.64. The van der Waals surface area contributed by atoms with Crippen LogP contribution in [0.3, 0.4) is 0 Å². The van der Waals surface area contributed by atoms with Crippen LogP contribution in [0.25, 0.3) is 0 Å². The summed E-state index contributed by atoms with van der Waals surface area (Å²) in [4.78, 5) is 11.8. The van der Waals surface area contributed by atoms with E-state index in [1.807, 2.05) is 24.3 Å². The van der Waals surface area contributed by atoms with Crippen molar-refractivity contribution < 1.29 is 19.4 Å². The van der Waals surface area contributed by atoms with Crippen molar-refractivity contribution in [1.82, 2.24) is 0 Å². The lowest BCUT2D eigenvalue weighted by molar-refractivity contribution is 0.0697. The van der Waals surface area contributed by atoms with Crippen LogP contribution in [-0.2, 0) is 11.3 Å². The second kappa shape index (κ2) is 7.66. The number of methoxy groups -OCH3 is 1. The molecular weight excluding hydrogens is 290 g/mol. The summed E-state index contributed by atoms with van der Waals surface area (Å²) in [5, 5.41) is 13.8. The number of carboxylic acids is 1. The molecule has 0 aliphatic heterocycles. The Labute approximate surface area is 127 Å². The summed E-state index contributed by atoms with van der Waals surface area (Å²) < 4.78 is 10.4. The van der Waals surface area contributed by atoms with Crippen molar-refractivity contribution in [2.45, 2.75) is 6.54 Å². The summed E-state index contributed by atoms with van der Waals surface area (Å²) in [6.07, 6.45) is 0. The van der Waals surface area contributed by atoms with Gasteiger partial charge < -0.3 is 19.9 Å². The Morgan fingerprint density at radius 3 is 2.67 bits per heavy atom. The van der Waals surface area contributed by atoms with Gasteiger partial charge in [-0.05, 0) is 30.3 Å². The Bertz CT molecular complexity index is 580. The second-order valence-electron chi connectivity index (χ2n) is 4.33. The van der Waals surface area contributed by atoms with E-state index < -0.39 is 5.97 Å². The molecule has 2 aromatic rings. The number of rotatable bonds is 8. The third kappa shape index (κ3) is 4.77. The number of hydrogen-bond acceptors (Lipinski definition) is 5. The Hall–Kier alpha value is -2.05. The number of aromatic carboxylic acids is 1. The van der Waals surface area contributed by atoms with E-state index in [9.17, 15) is 4.79 Å².